The number of hydrogen-bond acceptors (Lipinski definition) is 8. The van der Waals surface area contributed by atoms with Gasteiger partial charge in [0.05, 0.1) is 29.2 Å². The molecule has 4 aliphatic rings. The topological polar surface area (TPSA) is 108 Å². The van der Waals surface area contributed by atoms with Crippen molar-refractivity contribution in [2.75, 3.05) is 6.61 Å². The molecule has 8 nitrogen and oxygen atoms in total. The molecule has 0 bridgehead atoms. The van der Waals surface area contributed by atoms with Crippen LogP contribution in [0.5, 0.6) is 0 Å². The summed E-state index contributed by atoms with van der Waals surface area (Å²) >= 11 is 0. The summed E-state index contributed by atoms with van der Waals surface area (Å²) in [5, 5.41) is 0. The summed E-state index contributed by atoms with van der Waals surface area (Å²) in [6.07, 6.45) is 1.36. The van der Waals surface area contributed by atoms with Gasteiger partial charge in [0, 0.05) is 6.42 Å². The van der Waals surface area contributed by atoms with Crippen LogP contribution in [0.3, 0.4) is 0 Å². The molecule has 0 amide bonds. The smallest absolute Gasteiger partial charge is 0.339 e. The van der Waals surface area contributed by atoms with E-state index < -0.39 is 53.2 Å². The van der Waals surface area contributed by atoms with Gasteiger partial charge in [0.1, 0.15) is 17.8 Å². The van der Waals surface area contributed by atoms with Crippen LogP contribution in [-0.4, -0.2) is 53.7 Å². The molecular weight excluding hydrogens is 620 g/mol. The van der Waals surface area contributed by atoms with E-state index in [1.165, 1.54) is 0 Å². The van der Waals surface area contributed by atoms with E-state index >= 15 is 4.79 Å². The Morgan fingerprint density at radius 3 is 1.82 bits per heavy atom. The summed E-state index contributed by atoms with van der Waals surface area (Å²) in [5.41, 5.74) is -1.45. The van der Waals surface area contributed by atoms with Crippen LogP contribution in [0, 0.1) is 29.1 Å². The zero-order valence-corrected chi connectivity index (χ0v) is 28.3. The first-order valence-corrected chi connectivity index (χ1v) is 17.1. The molecule has 1 heterocycles. The number of esters is 3. The summed E-state index contributed by atoms with van der Waals surface area (Å²) in [5.74, 6) is -3.36. The van der Waals surface area contributed by atoms with Crippen molar-refractivity contribution in [2.45, 2.75) is 70.4 Å². The van der Waals surface area contributed by atoms with Crippen LogP contribution in [0.1, 0.15) is 78.0 Å². The van der Waals surface area contributed by atoms with E-state index in [0.29, 0.717) is 23.1 Å². The number of carbonyl (C=O) groups excluding carboxylic acids is 4. The standard InChI is InChI=1S/C41H42O8/c1-25-22-31-30(39(31,3)4)20-21-40(24-46-40)35(48-37(44)28-16-10-6-11-17-28)32-33(47-36(43)27-14-8-5-9-15-27)26(2)23-41(32,34(25)42)49-38(45)29-18-12-7-13-19-29/h5-19,22,26,30-33,35H,20-21,23-24H2,1-4H3/b25-22+/t26-,30-,31+,32+,33-,35+,40-,41+/m0/s1. The lowest BCUT2D eigenvalue weighted by atomic mass is 9.74. The lowest BCUT2D eigenvalue weighted by Crippen LogP contribution is -2.58. The van der Waals surface area contributed by atoms with Gasteiger partial charge in [-0.15, -0.1) is 0 Å². The number of carbonyl (C=O) groups is 4. The Labute approximate surface area is 286 Å². The average molecular weight is 663 g/mol. The van der Waals surface area contributed by atoms with E-state index in [9.17, 15) is 14.4 Å². The number of Topliss-reactive ketones (excluding diaryl/α,β-unsaturated/α-hetero) is 1. The van der Waals surface area contributed by atoms with Crippen LogP contribution in [0.25, 0.3) is 0 Å². The molecule has 254 valence electrons. The summed E-state index contributed by atoms with van der Waals surface area (Å²) in [6.45, 7) is 8.32. The molecule has 2 saturated carbocycles. The molecule has 1 saturated heterocycles. The third-order valence-electron chi connectivity index (χ3n) is 11.4. The van der Waals surface area contributed by atoms with Crippen molar-refractivity contribution in [3.63, 3.8) is 0 Å². The Balaban J connectivity index is 1.40. The summed E-state index contributed by atoms with van der Waals surface area (Å²) < 4.78 is 25.6. The first-order valence-electron chi connectivity index (χ1n) is 17.1. The van der Waals surface area contributed by atoms with Crippen molar-refractivity contribution in [1.82, 2.24) is 0 Å². The van der Waals surface area contributed by atoms with Gasteiger partial charge in [-0.1, -0.05) is 81.4 Å². The second kappa shape index (κ2) is 12.4. The van der Waals surface area contributed by atoms with Crippen molar-refractivity contribution >= 4 is 23.7 Å². The predicted octanol–water partition coefficient (Wildman–Crippen LogP) is 7.04. The van der Waals surface area contributed by atoms with Gasteiger partial charge in [-0.25, -0.2) is 14.4 Å². The first-order chi connectivity index (χ1) is 23.5. The highest BCUT2D eigenvalue weighted by Crippen LogP contribution is 2.64. The maximum Gasteiger partial charge on any atom is 0.339 e. The molecule has 3 aromatic carbocycles. The maximum absolute atomic E-state index is 15.1. The van der Waals surface area contributed by atoms with Crippen molar-refractivity contribution in [3.8, 4) is 0 Å². The Morgan fingerprint density at radius 1 is 0.776 bits per heavy atom. The Bertz CT molecular complexity index is 1780. The quantitative estimate of drug-likeness (QED) is 0.157. The zero-order valence-electron chi connectivity index (χ0n) is 28.3. The van der Waals surface area contributed by atoms with Gasteiger partial charge in [0.25, 0.3) is 0 Å². The maximum atomic E-state index is 15.1. The van der Waals surface area contributed by atoms with E-state index in [1.54, 1.807) is 91.9 Å². The van der Waals surface area contributed by atoms with Crippen molar-refractivity contribution in [3.05, 3.63) is 119 Å². The molecule has 3 aliphatic carbocycles. The van der Waals surface area contributed by atoms with Gasteiger partial charge in [0.15, 0.2) is 5.60 Å². The van der Waals surface area contributed by atoms with Crippen LogP contribution >= 0.6 is 0 Å². The monoisotopic (exact) mass is 662 g/mol. The van der Waals surface area contributed by atoms with Gasteiger partial charge in [-0.3, -0.25) is 4.79 Å². The van der Waals surface area contributed by atoms with Crippen LogP contribution in [0.4, 0.5) is 0 Å². The van der Waals surface area contributed by atoms with E-state index in [-0.39, 0.29) is 41.6 Å². The average Bonchev–Trinajstić information content (AvgIpc) is 3.98. The van der Waals surface area contributed by atoms with Crippen LogP contribution in [0.2, 0.25) is 0 Å². The van der Waals surface area contributed by atoms with Gasteiger partial charge >= 0.3 is 17.9 Å². The number of benzene rings is 3. The van der Waals surface area contributed by atoms with Crippen LogP contribution in [-0.2, 0) is 23.7 Å². The molecule has 3 fully saturated rings. The third-order valence-corrected chi connectivity index (χ3v) is 11.4. The summed E-state index contributed by atoms with van der Waals surface area (Å²) in [4.78, 5) is 56.9. The third kappa shape index (κ3) is 5.90. The van der Waals surface area contributed by atoms with Gasteiger partial charge in [-0.2, -0.15) is 0 Å². The lowest BCUT2D eigenvalue weighted by molar-refractivity contribution is -0.153. The first kappa shape index (κ1) is 33.0. The van der Waals surface area contributed by atoms with E-state index in [0.717, 1.165) is 6.42 Å². The number of hydrogen-bond donors (Lipinski definition) is 0. The van der Waals surface area contributed by atoms with E-state index in [4.69, 9.17) is 18.9 Å². The molecule has 3 aromatic rings. The number of epoxide rings is 1. The molecule has 8 heteroatoms. The highest BCUT2D eigenvalue weighted by molar-refractivity contribution is 6.04. The minimum absolute atomic E-state index is 0.0446. The fraction of sp³-hybridized carbons (Fsp3) is 0.415. The minimum atomic E-state index is -1.84. The molecule has 49 heavy (non-hydrogen) atoms. The Kier molecular flexibility index (Phi) is 8.34. The second-order valence-corrected chi connectivity index (χ2v) is 14.8. The van der Waals surface area contributed by atoms with Crippen LogP contribution < -0.4 is 0 Å². The molecule has 7 rings (SSSR count). The minimum Gasteiger partial charge on any atom is -0.458 e. The SMILES string of the molecule is C/C1=C\[C@@H]2[C@H](CC[C@]3(CO3)[C@H](OC(=O)c3ccccc3)[C@H]3[C@@H](OC(=O)c4ccccc4)[C@@H](C)C[C@]3(OC(=O)c3ccccc3)C1=O)C2(C)C. The zero-order chi connectivity index (χ0) is 34.6. The number of allylic oxidation sites excluding steroid dienone is 1. The molecule has 0 unspecified atom stereocenters. The fourth-order valence-electron chi connectivity index (χ4n) is 8.48. The molecule has 0 aromatic heterocycles. The van der Waals surface area contributed by atoms with Gasteiger partial charge in [-0.05, 0) is 84.9 Å². The molecule has 0 N–H and O–H groups in total. The van der Waals surface area contributed by atoms with Crippen molar-refractivity contribution in [2.24, 2.45) is 29.1 Å². The number of ketones is 1. The summed E-state index contributed by atoms with van der Waals surface area (Å²) in [7, 11) is 0. The molecule has 1 aliphatic heterocycles. The molecule has 8 atom stereocenters. The molecule has 1 spiro atoms. The van der Waals surface area contributed by atoms with Crippen molar-refractivity contribution < 1.29 is 38.1 Å². The highest BCUT2D eigenvalue weighted by Gasteiger charge is 2.71. The fourth-order valence-corrected chi connectivity index (χ4v) is 8.48. The number of fused-ring (bicyclic) bond motifs is 2. The van der Waals surface area contributed by atoms with Gasteiger partial charge < -0.3 is 18.9 Å². The highest BCUT2D eigenvalue weighted by atomic mass is 16.6. The normalized spacial score (nSPS) is 33.9. The molecule has 0 radical (unpaired) electrons. The second-order valence-electron chi connectivity index (χ2n) is 14.8. The van der Waals surface area contributed by atoms with Gasteiger partial charge in [0.2, 0.25) is 5.78 Å². The van der Waals surface area contributed by atoms with Crippen LogP contribution in [0.15, 0.2) is 103 Å². The number of rotatable bonds is 6. The van der Waals surface area contributed by atoms with E-state index in [2.05, 4.69) is 13.8 Å². The van der Waals surface area contributed by atoms with E-state index in [1.807, 2.05) is 19.1 Å². The predicted molar refractivity (Wildman–Crippen MR) is 181 cm³/mol. The Morgan fingerprint density at radius 2 is 1.29 bits per heavy atom. The number of ether oxygens (including phenoxy) is 4. The van der Waals surface area contributed by atoms with Crippen molar-refractivity contribution in [1.29, 1.82) is 0 Å². The molecular formula is C41H42O8. The lowest BCUT2D eigenvalue weighted by Gasteiger charge is -2.41. The summed E-state index contributed by atoms with van der Waals surface area (Å²) in [6, 6.07) is 25.8. The Hall–Kier alpha value is -4.56. The largest absolute Gasteiger partial charge is 0.458 e.